The van der Waals surface area contributed by atoms with Crippen molar-refractivity contribution >= 4 is 22.2 Å². The number of halogens is 1. The van der Waals surface area contributed by atoms with Crippen LogP contribution < -0.4 is 0 Å². The molecule has 0 saturated carbocycles. The molecule has 0 fully saturated rings. The molecule has 1 aromatic heterocycles. The maximum atomic E-state index is 10.7. The van der Waals surface area contributed by atoms with Gasteiger partial charge in [-0.1, -0.05) is 22.5 Å². The Morgan fingerprint density at radius 1 is 1.69 bits per heavy atom. The van der Waals surface area contributed by atoms with E-state index >= 15 is 0 Å². The fourth-order valence-electron chi connectivity index (χ4n) is 1.20. The average molecular weight is 243 g/mol. The summed E-state index contributed by atoms with van der Waals surface area (Å²) in [6.45, 7) is 8.02. The van der Waals surface area contributed by atoms with E-state index in [1.165, 1.54) is 0 Å². The number of carbonyl (C=O) groups excluding carboxylic acids is 1. The van der Waals surface area contributed by atoms with Crippen molar-refractivity contribution in [3.8, 4) is 0 Å². The van der Waals surface area contributed by atoms with Crippen LogP contribution in [0, 0.1) is 13.8 Å². The summed E-state index contributed by atoms with van der Waals surface area (Å²) >= 11 is 3.26. The van der Waals surface area contributed by atoms with E-state index in [1.807, 2.05) is 13.8 Å². The third kappa shape index (κ3) is 2.06. The molecule has 0 aromatic carbocycles. The largest absolute Gasteiger partial charge is 0.298 e. The molecule has 0 spiro atoms. The van der Waals surface area contributed by atoms with E-state index in [4.69, 9.17) is 0 Å². The molecule has 0 bridgehead atoms. The molecular formula is C9H11BrN2O. The van der Waals surface area contributed by atoms with E-state index in [0.717, 1.165) is 22.2 Å². The average Bonchev–Trinajstić information content (AvgIpc) is 2.26. The molecule has 0 amide bonds. The van der Waals surface area contributed by atoms with Gasteiger partial charge in [0.25, 0.3) is 0 Å². The van der Waals surface area contributed by atoms with Gasteiger partial charge in [-0.15, -0.1) is 0 Å². The van der Waals surface area contributed by atoms with E-state index in [0.29, 0.717) is 12.1 Å². The van der Waals surface area contributed by atoms with Crippen molar-refractivity contribution in [1.82, 2.24) is 9.78 Å². The fourth-order valence-corrected chi connectivity index (χ4v) is 1.44. The molecule has 1 heterocycles. The first-order valence-corrected chi connectivity index (χ1v) is 4.68. The van der Waals surface area contributed by atoms with Crippen molar-refractivity contribution in [2.75, 3.05) is 0 Å². The molecule has 1 rings (SSSR count). The zero-order valence-corrected chi connectivity index (χ0v) is 9.26. The van der Waals surface area contributed by atoms with Gasteiger partial charge in [-0.2, -0.15) is 5.10 Å². The fraction of sp³-hybridized carbons (Fsp3) is 0.333. The van der Waals surface area contributed by atoms with Crippen molar-refractivity contribution in [2.45, 2.75) is 20.4 Å². The van der Waals surface area contributed by atoms with Crippen LogP contribution in [0.3, 0.4) is 0 Å². The van der Waals surface area contributed by atoms with Crippen molar-refractivity contribution in [3.63, 3.8) is 0 Å². The molecule has 3 nitrogen and oxygen atoms in total. The maximum absolute atomic E-state index is 10.7. The van der Waals surface area contributed by atoms with Crippen LogP contribution in [0.15, 0.2) is 11.1 Å². The van der Waals surface area contributed by atoms with E-state index in [2.05, 4.69) is 27.6 Å². The molecular weight excluding hydrogens is 232 g/mol. The van der Waals surface area contributed by atoms with Crippen LogP contribution in [0.1, 0.15) is 21.7 Å². The van der Waals surface area contributed by atoms with Crippen molar-refractivity contribution in [3.05, 3.63) is 28.0 Å². The first-order valence-electron chi connectivity index (χ1n) is 3.88. The first kappa shape index (κ1) is 10.2. The molecule has 0 saturated heterocycles. The number of aromatic nitrogens is 2. The highest BCUT2D eigenvalue weighted by atomic mass is 79.9. The van der Waals surface area contributed by atoms with E-state index in [9.17, 15) is 4.79 Å². The number of aldehydes is 1. The topological polar surface area (TPSA) is 34.9 Å². The van der Waals surface area contributed by atoms with Gasteiger partial charge >= 0.3 is 0 Å². The normalized spacial score (nSPS) is 10.1. The van der Waals surface area contributed by atoms with Gasteiger partial charge in [0.1, 0.15) is 0 Å². The summed E-state index contributed by atoms with van der Waals surface area (Å²) in [6, 6.07) is 0. The first-order chi connectivity index (χ1) is 6.06. The van der Waals surface area contributed by atoms with Gasteiger partial charge in [-0.05, 0) is 13.8 Å². The minimum absolute atomic E-state index is 0.598. The van der Waals surface area contributed by atoms with Gasteiger partial charge in [0.15, 0.2) is 6.29 Å². The Morgan fingerprint density at radius 2 is 2.31 bits per heavy atom. The molecule has 0 radical (unpaired) electrons. The lowest BCUT2D eigenvalue weighted by Crippen LogP contribution is -2.02. The lowest BCUT2D eigenvalue weighted by Gasteiger charge is -2.01. The number of carbonyl (C=O) groups is 1. The minimum atomic E-state index is 0.598. The van der Waals surface area contributed by atoms with E-state index in [-0.39, 0.29) is 0 Å². The Labute approximate surface area is 85.6 Å². The highest BCUT2D eigenvalue weighted by molar-refractivity contribution is 9.11. The summed E-state index contributed by atoms with van der Waals surface area (Å²) in [5.74, 6) is 0. The molecule has 0 unspecified atom stereocenters. The smallest absolute Gasteiger partial charge is 0.153 e. The predicted molar refractivity (Wildman–Crippen MR) is 55.2 cm³/mol. The summed E-state index contributed by atoms with van der Waals surface area (Å²) in [5.41, 5.74) is 2.32. The summed E-state index contributed by atoms with van der Waals surface area (Å²) in [7, 11) is 0. The molecule has 0 atom stereocenters. The SMILES string of the molecule is C=C(Br)Cn1nc(C)c(C=O)c1C. The summed E-state index contributed by atoms with van der Waals surface area (Å²) < 4.78 is 2.60. The molecule has 0 N–H and O–H groups in total. The number of aryl methyl sites for hydroxylation is 1. The lowest BCUT2D eigenvalue weighted by atomic mass is 10.2. The minimum Gasteiger partial charge on any atom is -0.298 e. The van der Waals surface area contributed by atoms with Crippen molar-refractivity contribution in [1.29, 1.82) is 0 Å². The molecule has 1 aromatic rings. The molecule has 0 aliphatic heterocycles. The third-order valence-corrected chi connectivity index (χ3v) is 2.13. The molecule has 4 heteroatoms. The second kappa shape index (κ2) is 3.87. The number of hydrogen-bond donors (Lipinski definition) is 0. The maximum Gasteiger partial charge on any atom is 0.153 e. The molecule has 0 aliphatic carbocycles. The number of hydrogen-bond acceptors (Lipinski definition) is 2. The lowest BCUT2D eigenvalue weighted by molar-refractivity contribution is 0.112. The van der Waals surface area contributed by atoms with Gasteiger partial charge < -0.3 is 0 Å². The molecule has 0 aliphatic rings. The Hall–Kier alpha value is -0.900. The highest BCUT2D eigenvalue weighted by Crippen LogP contribution is 2.13. The second-order valence-electron chi connectivity index (χ2n) is 2.88. The summed E-state index contributed by atoms with van der Waals surface area (Å²) in [4.78, 5) is 10.7. The van der Waals surface area contributed by atoms with Gasteiger partial charge in [-0.25, -0.2) is 0 Å². The summed E-state index contributed by atoms with van der Waals surface area (Å²) in [5, 5.41) is 4.22. The number of allylic oxidation sites excluding steroid dienone is 1. The zero-order chi connectivity index (χ0) is 10.0. The van der Waals surface area contributed by atoms with Crippen LogP contribution in [-0.4, -0.2) is 16.1 Å². The summed E-state index contributed by atoms with van der Waals surface area (Å²) in [6.07, 6.45) is 0.838. The van der Waals surface area contributed by atoms with Gasteiger partial charge in [-0.3, -0.25) is 9.48 Å². The van der Waals surface area contributed by atoms with Crippen molar-refractivity contribution < 1.29 is 4.79 Å². The van der Waals surface area contributed by atoms with Crippen LogP contribution in [0.25, 0.3) is 0 Å². The number of nitrogens with zero attached hydrogens (tertiary/aromatic N) is 2. The quantitative estimate of drug-likeness (QED) is 0.763. The van der Waals surface area contributed by atoms with Crippen LogP contribution in [0.4, 0.5) is 0 Å². The monoisotopic (exact) mass is 242 g/mol. The van der Waals surface area contributed by atoms with Crippen LogP contribution in [-0.2, 0) is 6.54 Å². The third-order valence-electron chi connectivity index (χ3n) is 1.88. The molecule has 70 valence electrons. The standard InChI is InChI=1S/C9H11BrN2O/c1-6(10)4-12-8(3)9(5-13)7(2)11-12/h5H,1,4H2,2-3H3. The van der Waals surface area contributed by atoms with Crippen molar-refractivity contribution in [2.24, 2.45) is 0 Å². The zero-order valence-electron chi connectivity index (χ0n) is 7.67. The van der Waals surface area contributed by atoms with E-state index < -0.39 is 0 Å². The highest BCUT2D eigenvalue weighted by Gasteiger charge is 2.09. The van der Waals surface area contributed by atoms with Crippen LogP contribution >= 0.6 is 15.9 Å². The Bertz CT molecular complexity index is 355. The Kier molecular flexibility index (Phi) is 3.03. The van der Waals surface area contributed by atoms with Gasteiger partial charge in [0, 0.05) is 10.2 Å². The Balaban J connectivity index is 3.10. The van der Waals surface area contributed by atoms with Crippen LogP contribution in [0.5, 0.6) is 0 Å². The second-order valence-corrected chi connectivity index (χ2v) is 4.00. The predicted octanol–water partition coefficient (Wildman–Crippen LogP) is 2.22. The van der Waals surface area contributed by atoms with Gasteiger partial charge in [0.2, 0.25) is 0 Å². The Morgan fingerprint density at radius 3 is 2.69 bits per heavy atom. The van der Waals surface area contributed by atoms with Gasteiger partial charge in [0.05, 0.1) is 17.8 Å². The van der Waals surface area contributed by atoms with Crippen LogP contribution in [0.2, 0.25) is 0 Å². The number of rotatable bonds is 3. The van der Waals surface area contributed by atoms with E-state index in [1.54, 1.807) is 4.68 Å². The molecule has 13 heavy (non-hydrogen) atoms.